The highest BCUT2D eigenvalue weighted by Crippen LogP contribution is 2.41. The topological polar surface area (TPSA) is 32.3 Å². The Bertz CT molecular complexity index is 457. The fourth-order valence-corrected chi connectivity index (χ4v) is 1.93. The van der Waals surface area contributed by atoms with E-state index in [1.807, 2.05) is 0 Å². The molecular formula is C11H11F3N2O. The van der Waals surface area contributed by atoms with Gasteiger partial charge in [-0.25, -0.2) is 0 Å². The van der Waals surface area contributed by atoms with E-state index in [-0.39, 0.29) is 23.8 Å². The Kier molecular flexibility index (Phi) is 2.73. The van der Waals surface area contributed by atoms with Gasteiger partial charge in [0.05, 0.1) is 23.5 Å². The van der Waals surface area contributed by atoms with Crippen LogP contribution in [0.5, 0.6) is 0 Å². The maximum Gasteiger partial charge on any atom is 0.418 e. The van der Waals surface area contributed by atoms with Crippen LogP contribution in [0.1, 0.15) is 12.5 Å². The number of halogens is 3. The number of likely N-dealkylation sites (N-methyl/N-ethyl adjacent to an activating group) is 1. The molecule has 1 amide bonds. The van der Waals surface area contributed by atoms with Crippen LogP contribution in [0.4, 0.5) is 24.5 Å². The van der Waals surface area contributed by atoms with Crippen molar-refractivity contribution in [3.63, 3.8) is 0 Å². The molecule has 0 radical (unpaired) electrons. The van der Waals surface area contributed by atoms with E-state index in [2.05, 4.69) is 5.32 Å². The third-order valence-electron chi connectivity index (χ3n) is 2.65. The van der Waals surface area contributed by atoms with Crippen LogP contribution >= 0.6 is 0 Å². The van der Waals surface area contributed by atoms with Gasteiger partial charge in [0.2, 0.25) is 5.91 Å². The SMILES string of the molecule is CCN1CC(=O)Nc2cccc(C(F)(F)F)c21. The number of amides is 1. The first-order chi connectivity index (χ1) is 7.93. The molecule has 3 nitrogen and oxygen atoms in total. The largest absolute Gasteiger partial charge is 0.418 e. The van der Waals surface area contributed by atoms with Crippen molar-refractivity contribution in [2.45, 2.75) is 13.1 Å². The lowest BCUT2D eigenvalue weighted by Gasteiger charge is -2.32. The van der Waals surface area contributed by atoms with Crippen molar-refractivity contribution in [1.82, 2.24) is 0 Å². The van der Waals surface area contributed by atoms with Gasteiger partial charge in [0, 0.05) is 6.54 Å². The highest BCUT2D eigenvalue weighted by atomic mass is 19.4. The Morgan fingerprint density at radius 2 is 2.12 bits per heavy atom. The lowest BCUT2D eigenvalue weighted by molar-refractivity contribution is -0.137. The smallest absolute Gasteiger partial charge is 0.360 e. The molecule has 17 heavy (non-hydrogen) atoms. The molecule has 0 fully saturated rings. The van der Waals surface area contributed by atoms with Crippen LogP contribution in [-0.2, 0) is 11.0 Å². The molecule has 6 heteroatoms. The number of benzene rings is 1. The molecule has 1 aliphatic rings. The molecule has 92 valence electrons. The molecule has 0 saturated heterocycles. The van der Waals surface area contributed by atoms with Gasteiger partial charge < -0.3 is 10.2 Å². The van der Waals surface area contributed by atoms with E-state index in [0.29, 0.717) is 6.54 Å². The van der Waals surface area contributed by atoms with Crippen molar-refractivity contribution >= 4 is 17.3 Å². The Hall–Kier alpha value is -1.72. The van der Waals surface area contributed by atoms with Crippen molar-refractivity contribution in [1.29, 1.82) is 0 Å². The first kappa shape index (κ1) is 11.8. The number of para-hydroxylation sites is 1. The van der Waals surface area contributed by atoms with Crippen LogP contribution in [0.3, 0.4) is 0 Å². The zero-order chi connectivity index (χ0) is 12.6. The fourth-order valence-electron chi connectivity index (χ4n) is 1.93. The second-order valence-corrected chi connectivity index (χ2v) is 3.76. The van der Waals surface area contributed by atoms with Gasteiger partial charge in [-0.05, 0) is 19.1 Å². The molecule has 0 bridgehead atoms. The molecule has 0 spiro atoms. The number of carbonyl (C=O) groups is 1. The molecule has 1 N–H and O–H groups in total. The maximum absolute atomic E-state index is 12.8. The van der Waals surface area contributed by atoms with Crippen molar-refractivity contribution in [3.8, 4) is 0 Å². The second-order valence-electron chi connectivity index (χ2n) is 3.76. The summed E-state index contributed by atoms with van der Waals surface area (Å²) in [5.41, 5.74) is -0.433. The zero-order valence-corrected chi connectivity index (χ0v) is 9.14. The lowest BCUT2D eigenvalue weighted by Crippen LogP contribution is -2.39. The monoisotopic (exact) mass is 244 g/mol. The second kappa shape index (κ2) is 3.94. The van der Waals surface area contributed by atoms with E-state index in [4.69, 9.17) is 0 Å². The molecule has 0 unspecified atom stereocenters. The van der Waals surface area contributed by atoms with E-state index in [9.17, 15) is 18.0 Å². The number of alkyl halides is 3. The Labute approximate surface area is 96.2 Å². The zero-order valence-electron chi connectivity index (χ0n) is 9.14. The van der Waals surface area contributed by atoms with Crippen LogP contribution < -0.4 is 10.2 Å². The predicted molar refractivity (Wildman–Crippen MR) is 58.0 cm³/mol. The summed E-state index contributed by atoms with van der Waals surface area (Å²) in [5, 5.41) is 2.46. The van der Waals surface area contributed by atoms with Gasteiger partial charge in [-0.3, -0.25) is 4.79 Å². The number of nitrogens with zero attached hydrogens (tertiary/aromatic N) is 1. The van der Waals surface area contributed by atoms with E-state index < -0.39 is 11.7 Å². The summed E-state index contributed by atoms with van der Waals surface area (Å²) >= 11 is 0. The van der Waals surface area contributed by atoms with Crippen molar-refractivity contribution < 1.29 is 18.0 Å². The van der Waals surface area contributed by atoms with Gasteiger partial charge in [-0.15, -0.1) is 0 Å². The summed E-state index contributed by atoms with van der Waals surface area (Å²) in [4.78, 5) is 12.7. The number of fused-ring (bicyclic) bond motifs is 1. The lowest BCUT2D eigenvalue weighted by atomic mass is 10.1. The minimum absolute atomic E-state index is 0.0450. The van der Waals surface area contributed by atoms with Gasteiger partial charge in [-0.1, -0.05) is 6.07 Å². The van der Waals surface area contributed by atoms with Crippen LogP contribution in [0.25, 0.3) is 0 Å². The summed E-state index contributed by atoms with van der Waals surface area (Å²) in [6, 6.07) is 3.80. The molecule has 0 aromatic heterocycles. The molecular weight excluding hydrogens is 233 g/mol. The summed E-state index contributed by atoms with van der Waals surface area (Å²) in [6.07, 6.45) is -4.42. The average Bonchev–Trinajstić information content (AvgIpc) is 2.25. The minimum atomic E-state index is -4.42. The van der Waals surface area contributed by atoms with E-state index in [1.165, 1.54) is 17.0 Å². The normalized spacial score (nSPS) is 15.5. The average molecular weight is 244 g/mol. The third-order valence-corrected chi connectivity index (χ3v) is 2.65. The van der Waals surface area contributed by atoms with Crippen molar-refractivity contribution in [3.05, 3.63) is 23.8 Å². The van der Waals surface area contributed by atoms with E-state index >= 15 is 0 Å². The standard InChI is InChI=1S/C11H11F3N2O/c1-2-16-6-9(17)15-8-5-3-4-7(10(8)16)11(12,13)14/h3-5H,2,6H2,1H3,(H,15,17). The number of anilines is 2. The molecule has 0 saturated carbocycles. The summed E-state index contributed by atoms with van der Waals surface area (Å²) in [6.45, 7) is 2.03. The predicted octanol–water partition coefficient (Wildman–Crippen LogP) is 2.48. The van der Waals surface area contributed by atoms with E-state index in [1.54, 1.807) is 6.92 Å². The first-order valence-corrected chi connectivity index (χ1v) is 5.18. The van der Waals surface area contributed by atoms with E-state index in [0.717, 1.165) is 6.07 Å². The highest BCUT2D eigenvalue weighted by molar-refractivity contribution is 6.01. The van der Waals surface area contributed by atoms with Gasteiger partial charge in [0.1, 0.15) is 0 Å². The van der Waals surface area contributed by atoms with Crippen LogP contribution in [0, 0.1) is 0 Å². The molecule has 1 aromatic carbocycles. The number of carbonyl (C=O) groups excluding carboxylic acids is 1. The third kappa shape index (κ3) is 2.07. The Morgan fingerprint density at radius 1 is 1.41 bits per heavy atom. The minimum Gasteiger partial charge on any atom is -0.360 e. The number of hydrogen-bond donors (Lipinski definition) is 1. The quantitative estimate of drug-likeness (QED) is 0.823. The summed E-state index contributed by atoms with van der Waals surface area (Å²) in [7, 11) is 0. The van der Waals surface area contributed by atoms with Gasteiger partial charge >= 0.3 is 6.18 Å². The van der Waals surface area contributed by atoms with Crippen LogP contribution in [0.15, 0.2) is 18.2 Å². The molecule has 0 aliphatic carbocycles. The highest BCUT2D eigenvalue weighted by Gasteiger charge is 2.37. The summed E-state index contributed by atoms with van der Waals surface area (Å²) in [5.74, 6) is -0.293. The first-order valence-electron chi connectivity index (χ1n) is 5.18. The van der Waals surface area contributed by atoms with Crippen LogP contribution in [0.2, 0.25) is 0 Å². The molecule has 1 heterocycles. The van der Waals surface area contributed by atoms with Crippen LogP contribution in [-0.4, -0.2) is 19.0 Å². The van der Waals surface area contributed by atoms with Crippen molar-refractivity contribution in [2.24, 2.45) is 0 Å². The number of hydrogen-bond acceptors (Lipinski definition) is 2. The molecule has 1 aromatic rings. The number of rotatable bonds is 1. The maximum atomic E-state index is 12.8. The van der Waals surface area contributed by atoms with Crippen molar-refractivity contribution in [2.75, 3.05) is 23.3 Å². The Morgan fingerprint density at radius 3 is 2.71 bits per heavy atom. The fraction of sp³-hybridized carbons (Fsp3) is 0.364. The number of nitrogens with one attached hydrogen (secondary N) is 1. The summed E-state index contributed by atoms with van der Waals surface area (Å²) < 4.78 is 38.5. The molecule has 2 rings (SSSR count). The molecule has 1 aliphatic heterocycles. The van der Waals surface area contributed by atoms with Gasteiger partial charge in [0.25, 0.3) is 0 Å². The Balaban J connectivity index is 2.59. The van der Waals surface area contributed by atoms with Gasteiger partial charge in [0.15, 0.2) is 0 Å². The van der Waals surface area contributed by atoms with Gasteiger partial charge in [-0.2, -0.15) is 13.2 Å². The molecule has 0 atom stereocenters.